The minimum atomic E-state index is -0.199. The number of aromatic nitrogens is 5. The Kier molecular flexibility index (Phi) is 4.13. The lowest BCUT2D eigenvalue weighted by molar-refractivity contribution is 0.573. The van der Waals surface area contributed by atoms with Gasteiger partial charge in [-0.15, -0.1) is 0 Å². The molecule has 0 bridgehead atoms. The van der Waals surface area contributed by atoms with Crippen molar-refractivity contribution in [1.82, 2.24) is 25.0 Å². The lowest BCUT2D eigenvalue weighted by Gasteiger charge is -2.10. The first kappa shape index (κ1) is 13.2. The minimum absolute atomic E-state index is 0.199. The fourth-order valence-electron chi connectivity index (χ4n) is 1.91. The van der Waals surface area contributed by atoms with E-state index in [-0.39, 0.29) is 6.04 Å². The number of aryl methyl sites for hydroxylation is 2. The van der Waals surface area contributed by atoms with Crippen molar-refractivity contribution >= 4 is 15.9 Å². The third-order valence-corrected chi connectivity index (χ3v) is 3.81. The van der Waals surface area contributed by atoms with Crippen LogP contribution in [0, 0.1) is 0 Å². The molecule has 0 aromatic carbocycles. The smallest absolute Gasteiger partial charge is 0.141 e. The summed E-state index contributed by atoms with van der Waals surface area (Å²) in [5.74, 6) is 0.698. The van der Waals surface area contributed by atoms with Gasteiger partial charge in [-0.2, -0.15) is 10.2 Å². The number of rotatable bonds is 5. The number of nitrogens with one attached hydrogen (secondary N) is 1. The van der Waals surface area contributed by atoms with E-state index in [1.165, 1.54) is 6.33 Å². The van der Waals surface area contributed by atoms with Crippen molar-refractivity contribution in [2.45, 2.75) is 39.3 Å². The summed E-state index contributed by atoms with van der Waals surface area (Å²) in [6.45, 7) is 4.99. The van der Waals surface area contributed by atoms with Crippen LogP contribution in [0.2, 0.25) is 0 Å². The van der Waals surface area contributed by atoms with Crippen LogP contribution in [0.25, 0.3) is 0 Å². The van der Waals surface area contributed by atoms with Gasteiger partial charge in [-0.3, -0.25) is 9.78 Å². The minimum Gasteiger partial charge on any atom is -0.321 e. The quantitative estimate of drug-likeness (QED) is 0.878. The van der Waals surface area contributed by atoms with Gasteiger partial charge in [0.1, 0.15) is 12.2 Å². The van der Waals surface area contributed by atoms with Crippen LogP contribution in [-0.2, 0) is 19.4 Å². The van der Waals surface area contributed by atoms with Gasteiger partial charge in [-0.1, -0.05) is 6.92 Å². The summed E-state index contributed by atoms with van der Waals surface area (Å²) < 4.78 is 3.04. The highest BCUT2D eigenvalue weighted by atomic mass is 79.9. The highest BCUT2D eigenvalue weighted by Gasteiger charge is 2.18. The van der Waals surface area contributed by atoms with Crippen LogP contribution >= 0.6 is 15.9 Å². The average Bonchev–Trinajstić information content (AvgIpc) is 2.99. The van der Waals surface area contributed by atoms with Gasteiger partial charge in [0.2, 0.25) is 0 Å². The lowest BCUT2D eigenvalue weighted by Crippen LogP contribution is -2.17. The number of nitrogens with two attached hydrogens (primary N) is 1. The molecule has 0 spiro atoms. The van der Waals surface area contributed by atoms with Crippen molar-refractivity contribution in [2.24, 2.45) is 5.73 Å². The molecule has 2 heterocycles. The van der Waals surface area contributed by atoms with Crippen LogP contribution < -0.4 is 5.73 Å². The van der Waals surface area contributed by atoms with E-state index in [1.807, 2.05) is 4.68 Å². The molecule has 0 saturated heterocycles. The maximum atomic E-state index is 6.12. The molecule has 0 saturated carbocycles. The van der Waals surface area contributed by atoms with E-state index in [2.05, 4.69) is 50.1 Å². The first-order chi connectivity index (χ1) is 8.67. The van der Waals surface area contributed by atoms with Gasteiger partial charge in [0.15, 0.2) is 0 Å². The van der Waals surface area contributed by atoms with Crippen molar-refractivity contribution in [3.05, 3.63) is 28.0 Å². The summed E-state index contributed by atoms with van der Waals surface area (Å²) in [4.78, 5) is 4.09. The number of hydrogen-bond donors (Lipinski definition) is 2. The Balaban J connectivity index is 2.25. The number of H-pyrrole nitrogens is 1. The van der Waals surface area contributed by atoms with Crippen LogP contribution in [0.4, 0.5) is 0 Å². The van der Waals surface area contributed by atoms with E-state index < -0.39 is 0 Å². The zero-order valence-corrected chi connectivity index (χ0v) is 12.1. The Morgan fingerprint density at radius 3 is 2.83 bits per heavy atom. The fourth-order valence-corrected chi connectivity index (χ4v) is 2.64. The molecule has 0 aliphatic carbocycles. The molecule has 1 unspecified atom stereocenters. The molecule has 6 nitrogen and oxygen atoms in total. The molecule has 0 aliphatic rings. The van der Waals surface area contributed by atoms with E-state index in [0.717, 1.165) is 28.8 Å². The molecule has 18 heavy (non-hydrogen) atoms. The Morgan fingerprint density at radius 1 is 1.50 bits per heavy atom. The van der Waals surface area contributed by atoms with E-state index in [9.17, 15) is 0 Å². The molecule has 2 aromatic rings. The molecule has 0 radical (unpaired) electrons. The second-order valence-corrected chi connectivity index (χ2v) is 4.85. The molecule has 0 aliphatic heterocycles. The summed E-state index contributed by atoms with van der Waals surface area (Å²) in [5, 5.41) is 11.2. The van der Waals surface area contributed by atoms with Crippen molar-refractivity contribution in [1.29, 1.82) is 0 Å². The molecule has 3 N–H and O–H groups in total. The summed E-state index contributed by atoms with van der Waals surface area (Å²) in [7, 11) is 0. The molecular weight excluding hydrogens is 296 g/mol. The third kappa shape index (κ3) is 2.46. The van der Waals surface area contributed by atoms with Crippen LogP contribution in [-0.4, -0.2) is 25.0 Å². The van der Waals surface area contributed by atoms with E-state index in [0.29, 0.717) is 12.2 Å². The first-order valence-electron chi connectivity index (χ1n) is 6.02. The summed E-state index contributed by atoms with van der Waals surface area (Å²) in [6.07, 6.45) is 3.05. The topological polar surface area (TPSA) is 85.4 Å². The van der Waals surface area contributed by atoms with Gasteiger partial charge in [0, 0.05) is 13.0 Å². The maximum absolute atomic E-state index is 6.12. The molecule has 7 heteroatoms. The van der Waals surface area contributed by atoms with Crippen LogP contribution in [0.5, 0.6) is 0 Å². The highest BCUT2D eigenvalue weighted by Crippen LogP contribution is 2.25. The van der Waals surface area contributed by atoms with Crippen molar-refractivity contribution in [3.63, 3.8) is 0 Å². The summed E-state index contributed by atoms with van der Waals surface area (Å²) >= 11 is 3.61. The van der Waals surface area contributed by atoms with Gasteiger partial charge in [0.25, 0.3) is 0 Å². The van der Waals surface area contributed by atoms with Gasteiger partial charge in [0.05, 0.1) is 21.9 Å². The Bertz CT molecular complexity index is 504. The highest BCUT2D eigenvalue weighted by molar-refractivity contribution is 9.10. The van der Waals surface area contributed by atoms with Crippen LogP contribution in [0.1, 0.15) is 37.1 Å². The Morgan fingerprint density at radius 2 is 2.28 bits per heavy atom. The number of nitrogens with zero attached hydrogens (tertiary/aromatic N) is 4. The van der Waals surface area contributed by atoms with Crippen LogP contribution in [0.3, 0.4) is 0 Å². The standard InChI is InChI=1S/C11H17BrN6/c1-3-8-10(12)9(18(4-2)17-8)5-7(13)11-14-6-15-16-11/h6-7H,3-5,13H2,1-2H3,(H,14,15,16). The van der Waals surface area contributed by atoms with Gasteiger partial charge in [-0.05, 0) is 29.3 Å². The predicted molar refractivity (Wildman–Crippen MR) is 72.0 cm³/mol. The monoisotopic (exact) mass is 312 g/mol. The number of hydrogen-bond acceptors (Lipinski definition) is 4. The lowest BCUT2D eigenvalue weighted by atomic mass is 10.1. The Hall–Kier alpha value is -1.21. The fraction of sp³-hybridized carbons (Fsp3) is 0.545. The van der Waals surface area contributed by atoms with Crippen molar-refractivity contribution < 1.29 is 0 Å². The molecular formula is C11H17BrN6. The first-order valence-corrected chi connectivity index (χ1v) is 6.81. The molecule has 0 amide bonds. The van der Waals surface area contributed by atoms with Crippen LogP contribution in [0.15, 0.2) is 10.8 Å². The molecule has 0 fully saturated rings. The zero-order chi connectivity index (χ0) is 13.1. The van der Waals surface area contributed by atoms with E-state index >= 15 is 0 Å². The third-order valence-electron chi connectivity index (χ3n) is 2.89. The number of aromatic amines is 1. The maximum Gasteiger partial charge on any atom is 0.141 e. The second kappa shape index (κ2) is 5.62. The van der Waals surface area contributed by atoms with E-state index in [1.54, 1.807) is 0 Å². The summed E-state index contributed by atoms with van der Waals surface area (Å²) in [5.41, 5.74) is 8.29. The molecule has 2 rings (SSSR count). The van der Waals surface area contributed by atoms with E-state index in [4.69, 9.17) is 5.73 Å². The molecule has 1 atom stereocenters. The van der Waals surface area contributed by atoms with Crippen molar-refractivity contribution in [3.8, 4) is 0 Å². The normalized spacial score (nSPS) is 12.9. The van der Waals surface area contributed by atoms with Gasteiger partial charge in [-0.25, -0.2) is 4.98 Å². The van der Waals surface area contributed by atoms with Crippen molar-refractivity contribution in [2.75, 3.05) is 0 Å². The molecule has 2 aromatic heterocycles. The summed E-state index contributed by atoms with van der Waals surface area (Å²) in [6, 6.07) is -0.199. The predicted octanol–water partition coefficient (Wildman–Crippen LogP) is 1.59. The van der Waals surface area contributed by atoms with Gasteiger partial charge >= 0.3 is 0 Å². The van der Waals surface area contributed by atoms with Gasteiger partial charge < -0.3 is 5.73 Å². The SMILES string of the molecule is CCc1nn(CC)c(CC(N)c2ncn[nH]2)c1Br. The second-order valence-electron chi connectivity index (χ2n) is 4.06. The Labute approximate surface area is 114 Å². The largest absolute Gasteiger partial charge is 0.321 e. The number of halogens is 1. The molecule has 98 valence electrons. The zero-order valence-electron chi connectivity index (χ0n) is 10.5. The average molecular weight is 313 g/mol.